The largest absolute Gasteiger partial charge is 0.304 e. The van der Waals surface area contributed by atoms with E-state index in [-0.39, 0.29) is 6.04 Å². The first-order valence-electron chi connectivity index (χ1n) is 6.72. The smallest absolute Gasteiger partial charge is 0.0767 e. The Morgan fingerprint density at radius 2 is 2.00 bits per heavy atom. The summed E-state index contributed by atoms with van der Waals surface area (Å²) in [7, 11) is 1.99. The SMILES string of the molecule is CCc1nn(C)c(CN[C@H](C)c2ccccc2Br)c1Br. The molecule has 0 spiro atoms. The van der Waals surface area contributed by atoms with Crippen molar-refractivity contribution in [1.29, 1.82) is 0 Å². The van der Waals surface area contributed by atoms with Gasteiger partial charge < -0.3 is 5.32 Å². The van der Waals surface area contributed by atoms with Crippen LogP contribution in [0.25, 0.3) is 0 Å². The Morgan fingerprint density at radius 1 is 1.30 bits per heavy atom. The van der Waals surface area contributed by atoms with Gasteiger partial charge in [0.05, 0.1) is 15.9 Å². The summed E-state index contributed by atoms with van der Waals surface area (Å²) >= 11 is 7.25. The molecular weight excluding hydrogens is 382 g/mol. The lowest BCUT2D eigenvalue weighted by Crippen LogP contribution is -2.20. The van der Waals surface area contributed by atoms with Crippen molar-refractivity contribution >= 4 is 31.9 Å². The maximum atomic E-state index is 4.52. The maximum absolute atomic E-state index is 4.52. The third-order valence-electron chi connectivity index (χ3n) is 3.45. The summed E-state index contributed by atoms with van der Waals surface area (Å²) in [6.07, 6.45) is 0.939. The average Bonchev–Trinajstić information content (AvgIpc) is 2.71. The number of nitrogens with one attached hydrogen (secondary N) is 1. The molecule has 3 nitrogen and oxygen atoms in total. The minimum absolute atomic E-state index is 0.275. The van der Waals surface area contributed by atoms with Crippen molar-refractivity contribution in [3.05, 3.63) is 50.2 Å². The molecule has 0 amide bonds. The van der Waals surface area contributed by atoms with Gasteiger partial charge in [0.1, 0.15) is 0 Å². The number of aromatic nitrogens is 2. The predicted octanol–water partition coefficient (Wildman–Crippen LogP) is 4.36. The van der Waals surface area contributed by atoms with Crippen LogP contribution in [0, 0.1) is 0 Å². The third kappa shape index (κ3) is 3.32. The fraction of sp³-hybridized carbons (Fsp3) is 0.400. The van der Waals surface area contributed by atoms with Gasteiger partial charge in [0.2, 0.25) is 0 Å². The van der Waals surface area contributed by atoms with Gasteiger partial charge >= 0.3 is 0 Å². The predicted molar refractivity (Wildman–Crippen MR) is 89.7 cm³/mol. The number of hydrogen-bond acceptors (Lipinski definition) is 2. The summed E-state index contributed by atoms with van der Waals surface area (Å²) in [5, 5.41) is 8.07. The van der Waals surface area contributed by atoms with Crippen LogP contribution in [0.3, 0.4) is 0 Å². The molecule has 0 aliphatic rings. The molecule has 108 valence electrons. The average molecular weight is 401 g/mol. The number of halogens is 2. The van der Waals surface area contributed by atoms with Crippen molar-refractivity contribution in [2.45, 2.75) is 32.9 Å². The van der Waals surface area contributed by atoms with Gasteiger partial charge in [-0.25, -0.2) is 0 Å². The summed E-state index contributed by atoms with van der Waals surface area (Å²) in [5.41, 5.74) is 3.56. The molecule has 0 bridgehead atoms. The van der Waals surface area contributed by atoms with E-state index in [1.165, 1.54) is 11.3 Å². The summed E-state index contributed by atoms with van der Waals surface area (Å²) in [6.45, 7) is 5.08. The van der Waals surface area contributed by atoms with Crippen molar-refractivity contribution in [3.63, 3.8) is 0 Å². The van der Waals surface area contributed by atoms with E-state index in [0.717, 1.165) is 27.6 Å². The molecule has 0 fully saturated rings. The molecule has 0 aliphatic carbocycles. The first kappa shape index (κ1) is 15.7. The molecule has 5 heteroatoms. The van der Waals surface area contributed by atoms with E-state index in [0.29, 0.717) is 0 Å². The summed E-state index contributed by atoms with van der Waals surface area (Å²) in [4.78, 5) is 0. The van der Waals surface area contributed by atoms with Gasteiger partial charge in [-0.3, -0.25) is 4.68 Å². The van der Waals surface area contributed by atoms with E-state index < -0.39 is 0 Å². The highest BCUT2D eigenvalue weighted by Gasteiger charge is 2.14. The second kappa shape index (κ2) is 6.87. The van der Waals surface area contributed by atoms with Crippen LogP contribution in [-0.2, 0) is 20.0 Å². The first-order chi connectivity index (χ1) is 9.54. The summed E-state index contributed by atoms with van der Waals surface area (Å²) < 4.78 is 4.20. The minimum atomic E-state index is 0.275. The maximum Gasteiger partial charge on any atom is 0.0767 e. The highest BCUT2D eigenvalue weighted by molar-refractivity contribution is 9.10. The Kier molecular flexibility index (Phi) is 5.41. The quantitative estimate of drug-likeness (QED) is 0.807. The highest BCUT2D eigenvalue weighted by Crippen LogP contribution is 2.25. The Labute approximate surface area is 137 Å². The molecule has 0 saturated heterocycles. The molecular formula is C15H19Br2N3. The van der Waals surface area contributed by atoms with Crippen molar-refractivity contribution in [1.82, 2.24) is 15.1 Å². The molecule has 2 aromatic rings. The molecule has 1 atom stereocenters. The molecule has 20 heavy (non-hydrogen) atoms. The van der Waals surface area contributed by atoms with Gasteiger partial charge in [0, 0.05) is 24.1 Å². The van der Waals surface area contributed by atoms with Crippen LogP contribution in [0.1, 0.15) is 36.8 Å². The number of aryl methyl sites for hydroxylation is 2. The standard InChI is InChI=1S/C15H19Br2N3/c1-4-13-15(17)14(20(3)19-13)9-18-10(2)11-7-5-6-8-12(11)16/h5-8,10,18H,4,9H2,1-3H3/t10-/m1/s1. The zero-order valence-corrected chi connectivity index (χ0v) is 15.1. The van der Waals surface area contributed by atoms with Crippen molar-refractivity contribution in [2.24, 2.45) is 7.05 Å². The van der Waals surface area contributed by atoms with Gasteiger partial charge in [-0.2, -0.15) is 5.10 Å². The normalized spacial score (nSPS) is 12.7. The zero-order chi connectivity index (χ0) is 14.7. The van der Waals surface area contributed by atoms with E-state index >= 15 is 0 Å². The molecule has 0 radical (unpaired) electrons. The van der Waals surface area contributed by atoms with E-state index in [2.05, 4.69) is 74.3 Å². The number of rotatable bonds is 5. The Hall–Kier alpha value is -0.650. The summed E-state index contributed by atoms with van der Waals surface area (Å²) in [6, 6.07) is 8.58. The second-order valence-corrected chi connectivity index (χ2v) is 6.46. The summed E-state index contributed by atoms with van der Waals surface area (Å²) in [5.74, 6) is 0. The molecule has 2 rings (SSSR count). The van der Waals surface area contributed by atoms with Crippen LogP contribution >= 0.6 is 31.9 Å². The zero-order valence-electron chi connectivity index (χ0n) is 12.0. The minimum Gasteiger partial charge on any atom is -0.304 e. The lowest BCUT2D eigenvalue weighted by molar-refractivity contribution is 0.545. The van der Waals surface area contributed by atoms with Crippen LogP contribution in [0.5, 0.6) is 0 Å². The van der Waals surface area contributed by atoms with Crippen LogP contribution in [-0.4, -0.2) is 9.78 Å². The van der Waals surface area contributed by atoms with E-state index in [9.17, 15) is 0 Å². The number of hydrogen-bond donors (Lipinski definition) is 1. The molecule has 0 aliphatic heterocycles. The highest BCUT2D eigenvalue weighted by atomic mass is 79.9. The van der Waals surface area contributed by atoms with E-state index in [1.807, 2.05) is 17.8 Å². The topological polar surface area (TPSA) is 29.9 Å². The third-order valence-corrected chi connectivity index (χ3v) is 5.09. The van der Waals surface area contributed by atoms with Crippen molar-refractivity contribution in [2.75, 3.05) is 0 Å². The van der Waals surface area contributed by atoms with Gasteiger partial charge in [-0.15, -0.1) is 0 Å². The molecule has 0 saturated carbocycles. The van der Waals surface area contributed by atoms with E-state index in [1.54, 1.807) is 0 Å². The van der Waals surface area contributed by atoms with Crippen LogP contribution in [0.2, 0.25) is 0 Å². The molecule has 1 aromatic carbocycles. The fourth-order valence-electron chi connectivity index (χ4n) is 2.20. The van der Waals surface area contributed by atoms with Crippen LogP contribution in [0.15, 0.2) is 33.2 Å². The lowest BCUT2D eigenvalue weighted by Gasteiger charge is -2.16. The molecule has 1 aromatic heterocycles. The lowest BCUT2D eigenvalue weighted by atomic mass is 10.1. The van der Waals surface area contributed by atoms with Crippen molar-refractivity contribution < 1.29 is 0 Å². The van der Waals surface area contributed by atoms with Crippen molar-refractivity contribution in [3.8, 4) is 0 Å². The van der Waals surface area contributed by atoms with Gasteiger partial charge in [0.25, 0.3) is 0 Å². The Bertz CT molecular complexity index is 593. The fourth-order valence-corrected chi connectivity index (χ4v) is 3.58. The van der Waals surface area contributed by atoms with E-state index in [4.69, 9.17) is 0 Å². The molecule has 1 N–H and O–H groups in total. The Balaban J connectivity index is 2.09. The number of nitrogens with zero attached hydrogens (tertiary/aromatic N) is 2. The monoisotopic (exact) mass is 399 g/mol. The van der Waals surface area contributed by atoms with Gasteiger partial charge in [0.15, 0.2) is 0 Å². The molecule has 0 unspecified atom stereocenters. The van der Waals surface area contributed by atoms with Crippen LogP contribution < -0.4 is 5.32 Å². The van der Waals surface area contributed by atoms with Crippen LogP contribution in [0.4, 0.5) is 0 Å². The Morgan fingerprint density at radius 3 is 2.60 bits per heavy atom. The van der Waals surface area contributed by atoms with Gasteiger partial charge in [-0.05, 0) is 40.9 Å². The number of benzene rings is 1. The second-order valence-electron chi connectivity index (χ2n) is 4.81. The first-order valence-corrected chi connectivity index (χ1v) is 8.31. The molecule has 1 heterocycles. The van der Waals surface area contributed by atoms with Gasteiger partial charge in [-0.1, -0.05) is 41.1 Å².